The van der Waals surface area contributed by atoms with Crippen LogP contribution in [0.2, 0.25) is 0 Å². The minimum atomic E-state index is -3.47. The van der Waals surface area contributed by atoms with Gasteiger partial charge in [0.15, 0.2) is 0 Å². The third kappa shape index (κ3) is 4.45. The van der Waals surface area contributed by atoms with Gasteiger partial charge in [0.25, 0.3) is 0 Å². The highest BCUT2D eigenvalue weighted by Gasteiger charge is 2.27. The molecule has 1 aromatic heterocycles. The molecule has 27 heavy (non-hydrogen) atoms. The molecule has 0 unspecified atom stereocenters. The number of nitrogens with one attached hydrogen (secondary N) is 2. The molecular formula is C19H24N4O3S. The number of hydrogen-bond donors (Lipinski definition) is 2. The van der Waals surface area contributed by atoms with Crippen LogP contribution in [0, 0.1) is 13.8 Å². The number of sulfonamides is 1. The lowest BCUT2D eigenvalue weighted by molar-refractivity contribution is -0.114. The fourth-order valence-corrected chi connectivity index (χ4v) is 4.54. The Morgan fingerprint density at radius 3 is 2.37 bits per heavy atom. The summed E-state index contributed by atoms with van der Waals surface area (Å²) < 4.78 is 26.4. The van der Waals surface area contributed by atoms with E-state index in [9.17, 15) is 13.2 Å². The minimum absolute atomic E-state index is 0.0407. The molecule has 1 amide bonds. The smallest absolute Gasteiger partial charge is 0.244 e. The zero-order valence-electron chi connectivity index (χ0n) is 15.5. The third-order valence-electron chi connectivity index (χ3n) is 4.61. The first-order valence-corrected chi connectivity index (χ1v) is 10.4. The number of para-hydroxylation sites is 1. The Hall–Kier alpha value is -2.45. The van der Waals surface area contributed by atoms with Crippen LogP contribution in [0.5, 0.6) is 0 Å². The number of carbonyl (C=O) groups is 1. The first-order valence-electron chi connectivity index (χ1n) is 8.94. The molecule has 0 atom stereocenters. The molecule has 1 aliphatic rings. The first-order chi connectivity index (χ1) is 12.9. The second-order valence-electron chi connectivity index (χ2n) is 6.66. The van der Waals surface area contributed by atoms with Gasteiger partial charge in [-0.3, -0.25) is 4.79 Å². The Morgan fingerprint density at radius 2 is 1.78 bits per heavy atom. The molecule has 8 heteroatoms. The fraction of sp³-hybridized carbons (Fsp3) is 0.368. The highest BCUT2D eigenvalue weighted by atomic mass is 32.2. The molecule has 7 nitrogen and oxygen atoms in total. The van der Waals surface area contributed by atoms with E-state index in [0.717, 1.165) is 29.7 Å². The summed E-state index contributed by atoms with van der Waals surface area (Å²) in [6, 6.07) is 8.93. The summed E-state index contributed by atoms with van der Waals surface area (Å²) in [5, 5.41) is 5.81. The van der Waals surface area contributed by atoms with Crippen LogP contribution in [-0.2, 0) is 14.8 Å². The van der Waals surface area contributed by atoms with Crippen molar-refractivity contribution in [3.8, 4) is 0 Å². The average molecular weight is 388 g/mol. The van der Waals surface area contributed by atoms with Crippen LogP contribution in [-0.4, -0.2) is 43.2 Å². The number of anilines is 2. The maximum absolute atomic E-state index is 12.5. The van der Waals surface area contributed by atoms with Gasteiger partial charge in [0.2, 0.25) is 15.9 Å². The van der Waals surface area contributed by atoms with E-state index in [0.29, 0.717) is 18.9 Å². The first kappa shape index (κ1) is 19.3. The zero-order valence-corrected chi connectivity index (χ0v) is 16.3. The number of carbonyl (C=O) groups excluding carboxylic acids is 1. The van der Waals surface area contributed by atoms with Crippen molar-refractivity contribution in [3.05, 3.63) is 47.7 Å². The average Bonchev–Trinajstić information content (AvgIpc) is 3.19. The van der Waals surface area contributed by atoms with Crippen LogP contribution < -0.4 is 10.6 Å². The largest absolute Gasteiger partial charge is 0.361 e. The Kier molecular flexibility index (Phi) is 5.76. The van der Waals surface area contributed by atoms with Crippen molar-refractivity contribution in [1.29, 1.82) is 0 Å². The summed E-state index contributed by atoms with van der Waals surface area (Å²) in [6.45, 7) is 5.04. The van der Waals surface area contributed by atoms with Crippen LogP contribution in [0.25, 0.3) is 0 Å². The lowest BCUT2D eigenvalue weighted by Gasteiger charge is -2.15. The second-order valence-corrected chi connectivity index (χ2v) is 8.60. The van der Waals surface area contributed by atoms with Gasteiger partial charge in [-0.25, -0.2) is 13.4 Å². The molecule has 1 aromatic carbocycles. The topological polar surface area (TPSA) is 91.4 Å². The van der Waals surface area contributed by atoms with Gasteiger partial charge in [-0.15, -0.1) is 0 Å². The molecule has 2 aromatic rings. The van der Waals surface area contributed by atoms with Crippen LogP contribution >= 0.6 is 0 Å². The number of nitrogens with zero attached hydrogens (tertiary/aromatic N) is 2. The molecule has 0 bridgehead atoms. The van der Waals surface area contributed by atoms with Crippen molar-refractivity contribution in [3.63, 3.8) is 0 Å². The summed E-state index contributed by atoms with van der Waals surface area (Å²) in [5.74, 6) is 0.259. The molecule has 3 rings (SSSR count). The van der Waals surface area contributed by atoms with Gasteiger partial charge in [0, 0.05) is 25.0 Å². The lowest BCUT2D eigenvalue weighted by atomic mass is 10.1. The normalized spacial score (nSPS) is 14.9. The third-order valence-corrected chi connectivity index (χ3v) is 6.50. The second kappa shape index (κ2) is 8.06. The Balaban J connectivity index is 1.59. The molecule has 1 saturated heterocycles. The number of aromatic nitrogens is 1. The van der Waals surface area contributed by atoms with Crippen molar-refractivity contribution in [2.45, 2.75) is 31.6 Å². The molecule has 2 heterocycles. The van der Waals surface area contributed by atoms with Gasteiger partial charge < -0.3 is 10.6 Å². The van der Waals surface area contributed by atoms with Crippen LogP contribution in [0.1, 0.15) is 24.0 Å². The predicted molar refractivity (Wildman–Crippen MR) is 105 cm³/mol. The standard InChI is InChI=1S/C19H24N4O3S/c1-14-6-5-7-15(2)19(14)22-18(24)13-21-17-9-8-16(12-20-17)27(25,26)23-10-3-4-11-23/h5-9,12H,3-4,10-11,13H2,1-2H3,(H,20,21)(H,22,24). The van der Waals surface area contributed by atoms with E-state index < -0.39 is 10.0 Å². The fourth-order valence-electron chi connectivity index (χ4n) is 3.08. The molecule has 1 fully saturated rings. The van der Waals surface area contributed by atoms with Crippen LogP contribution in [0.4, 0.5) is 11.5 Å². The zero-order chi connectivity index (χ0) is 19.4. The van der Waals surface area contributed by atoms with Crippen molar-refractivity contribution in [1.82, 2.24) is 9.29 Å². The highest BCUT2D eigenvalue weighted by Crippen LogP contribution is 2.21. The molecule has 0 saturated carbocycles. The van der Waals surface area contributed by atoms with E-state index in [4.69, 9.17) is 0 Å². The number of rotatable bonds is 6. The van der Waals surface area contributed by atoms with E-state index in [1.54, 1.807) is 6.07 Å². The van der Waals surface area contributed by atoms with Crippen molar-refractivity contribution >= 4 is 27.4 Å². The van der Waals surface area contributed by atoms with Gasteiger partial charge in [-0.05, 0) is 49.9 Å². The minimum Gasteiger partial charge on any atom is -0.361 e. The van der Waals surface area contributed by atoms with Crippen molar-refractivity contribution < 1.29 is 13.2 Å². The number of benzene rings is 1. The molecule has 0 spiro atoms. The van der Waals surface area contributed by atoms with E-state index in [1.807, 2.05) is 32.0 Å². The number of hydrogen-bond acceptors (Lipinski definition) is 5. The Labute approximate surface area is 159 Å². The molecule has 0 radical (unpaired) electrons. The van der Waals surface area contributed by atoms with Crippen LogP contribution in [0.3, 0.4) is 0 Å². The van der Waals surface area contributed by atoms with Gasteiger partial charge in [0.05, 0.1) is 6.54 Å². The summed E-state index contributed by atoms with van der Waals surface area (Å²) >= 11 is 0. The number of aryl methyl sites for hydroxylation is 2. The molecule has 0 aliphatic carbocycles. The van der Waals surface area contributed by atoms with Gasteiger partial charge in [0.1, 0.15) is 10.7 Å². The predicted octanol–water partition coefficient (Wildman–Crippen LogP) is 2.53. The lowest BCUT2D eigenvalue weighted by Crippen LogP contribution is -2.28. The Bertz CT molecular complexity index is 900. The van der Waals surface area contributed by atoms with Gasteiger partial charge >= 0.3 is 0 Å². The van der Waals surface area contributed by atoms with Crippen molar-refractivity contribution in [2.24, 2.45) is 0 Å². The highest BCUT2D eigenvalue weighted by molar-refractivity contribution is 7.89. The summed E-state index contributed by atoms with van der Waals surface area (Å²) in [5.41, 5.74) is 2.81. The van der Waals surface area contributed by atoms with E-state index in [1.165, 1.54) is 16.6 Å². The van der Waals surface area contributed by atoms with E-state index >= 15 is 0 Å². The molecule has 1 aliphatic heterocycles. The van der Waals surface area contributed by atoms with Gasteiger partial charge in [-0.2, -0.15) is 4.31 Å². The molecule has 144 valence electrons. The SMILES string of the molecule is Cc1cccc(C)c1NC(=O)CNc1ccc(S(=O)(=O)N2CCCC2)cn1. The molecular weight excluding hydrogens is 364 g/mol. The monoisotopic (exact) mass is 388 g/mol. The quantitative estimate of drug-likeness (QED) is 0.793. The number of pyridine rings is 1. The van der Waals surface area contributed by atoms with E-state index in [-0.39, 0.29) is 17.3 Å². The summed E-state index contributed by atoms with van der Waals surface area (Å²) in [4.78, 5) is 16.5. The van der Waals surface area contributed by atoms with Gasteiger partial charge in [-0.1, -0.05) is 18.2 Å². The summed E-state index contributed by atoms with van der Waals surface area (Å²) in [6.07, 6.45) is 3.11. The maximum atomic E-state index is 12.5. The molecule has 2 N–H and O–H groups in total. The van der Waals surface area contributed by atoms with Crippen molar-refractivity contribution in [2.75, 3.05) is 30.3 Å². The maximum Gasteiger partial charge on any atom is 0.244 e. The van der Waals surface area contributed by atoms with E-state index in [2.05, 4.69) is 15.6 Å². The van der Waals surface area contributed by atoms with Crippen LogP contribution in [0.15, 0.2) is 41.4 Å². The Morgan fingerprint density at radius 1 is 1.11 bits per heavy atom. The summed E-state index contributed by atoms with van der Waals surface area (Å²) in [7, 11) is -3.47. The number of amides is 1.